The number of aliphatic hydroxyl groups is 8. The van der Waals surface area contributed by atoms with E-state index in [1.165, 1.54) is 52.6 Å². The topological polar surface area (TPSA) is 317 Å². The van der Waals surface area contributed by atoms with Gasteiger partial charge in [-0.2, -0.15) is 0 Å². The van der Waals surface area contributed by atoms with Gasteiger partial charge >= 0.3 is 0 Å². The van der Waals surface area contributed by atoms with Crippen molar-refractivity contribution in [2.24, 2.45) is 0 Å². The van der Waals surface area contributed by atoms with Crippen LogP contribution in [-0.4, -0.2) is 149 Å². The molecule has 4 aromatic heterocycles. The van der Waals surface area contributed by atoms with Crippen molar-refractivity contribution in [3.63, 3.8) is 0 Å². The fourth-order valence-corrected chi connectivity index (χ4v) is 9.38. The smallest absolute Gasteiger partial charge is 0.119 e. The maximum atomic E-state index is 8.56. The largest absolute Gasteiger partial charge is 0.393 e. The molecule has 560 valence electrons. The van der Waals surface area contributed by atoms with Crippen LogP contribution in [0.25, 0.3) is 89.4 Å². The van der Waals surface area contributed by atoms with Gasteiger partial charge in [-0.15, -0.1) is 118 Å². The van der Waals surface area contributed by atoms with Gasteiger partial charge in [0.05, 0.1) is 72.1 Å². The van der Waals surface area contributed by atoms with E-state index in [2.05, 4.69) is 139 Å². The van der Waals surface area contributed by atoms with Crippen molar-refractivity contribution < 1.29 is 121 Å². The fourth-order valence-electron chi connectivity index (χ4n) is 9.38. The van der Waals surface area contributed by atoms with Crippen LogP contribution >= 0.6 is 0 Å². The molecule has 0 aliphatic heterocycles. The molecule has 0 amide bonds. The molecule has 4 radical (unpaired) electrons. The van der Waals surface area contributed by atoms with E-state index in [0.29, 0.717) is 60.6 Å². The SMILES string of the molecule is CC(O)CC(C)O.CC(O)CC(C)O.CC(O)CC(C)O.CC(O)CC(C)O.Cc1ncnc(-c2[c-]cc(-c3ccccc3)cc2)n1.Cc1ncnc(-c2[c-]cc3ccccc3c2)n1.Cc1ncnc(-c2[c-]ccc(-c3ccccc3)c2)n1.Cc1ncnc(-c2[c-]ccc3ccccc23)n1.[Ir].[Ir].[Ir].[Ir]. The second-order valence-corrected chi connectivity index (χ2v) is 23.8. The van der Waals surface area contributed by atoms with Crippen molar-refractivity contribution in [3.8, 4) is 67.8 Å². The quantitative estimate of drug-likeness (QED) is 0.0469. The van der Waals surface area contributed by atoms with Crippen LogP contribution in [0.1, 0.15) is 104 Å². The van der Waals surface area contributed by atoms with Crippen molar-refractivity contribution in [2.75, 3.05) is 0 Å². The van der Waals surface area contributed by atoms with Gasteiger partial charge in [-0.25, -0.2) is 19.9 Å². The van der Waals surface area contributed by atoms with Gasteiger partial charge in [0.25, 0.3) is 0 Å². The van der Waals surface area contributed by atoms with E-state index in [1.807, 2.05) is 143 Å². The van der Waals surface area contributed by atoms with Crippen LogP contribution in [0.3, 0.4) is 0 Å². The number of aryl methyl sites for hydroxylation is 4. The summed E-state index contributed by atoms with van der Waals surface area (Å²) in [4.78, 5) is 50.0. The average Bonchev–Trinajstić information content (AvgIpc) is 1.05. The summed E-state index contributed by atoms with van der Waals surface area (Å²) in [5.41, 5.74) is 8.20. The molecule has 8 aromatic carbocycles. The minimum absolute atomic E-state index is 0. The van der Waals surface area contributed by atoms with Crippen molar-refractivity contribution in [3.05, 3.63) is 243 Å². The molecule has 0 bridgehead atoms. The average molecular weight is 2120 g/mol. The molecule has 0 fully saturated rings. The minimum Gasteiger partial charge on any atom is -0.393 e. The second-order valence-electron chi connectivity index (χ2n) is 23.8. The zero-order valence-corrected chi connectivity index (χ0v) is 69.8. The number of fused-ring (bicyclic) bond motifs is 2. The maximum absolute atomic E-state index is 8.56. The molecule has 0 spiro atoms. The Balaban J connectivity index is 0.000000613. The van der Waals surface area contributed by atoms with Gasteiger partial charge < -0.3 is 40.9 Å². The standard InChI is InChI=1S/2C16H12N3.2C14H10N3.4C5H12O2.4Ir/c1-12-17-11-18-16(19-12)15-9-5-8-14(10-15)13-6-3-2-4-7-13;1-12-17-11-18-16(19-12)15-9-7-14(8-10-15)13-5-3-2-4-6-13;1-10-15-9-16-14(17-10)13-8-4-6-11-5-2-3-7-12(11)13;1-10-15-9-16-14(17-10)13-7-6-11-4-2-3-5-12(11)8-13;4*1-4(6)3-5(2)7;;;;/h2-8,10-11H,1H3;2-9,11H,1H3;2-7,9H,1H3;2-6,8-9H,1H3;4*4-7H,3H2,1-2H3;;;;/q4*-1;;;;;;;;. The summed E-state index contributed by atoms with van der Waals surface area (Å²) in [6.07, 6.45) is 5.01. The third-order valence-corrected chi connectivity index (χ3v) is 13.7. The Morgan fingerprint density at radius 1 is 0.288 bits per heavy atom. The maximum Gasteiger partial charge on any atom is 0.119 e. The molecule has 0 saturated heterocycles. The molecule has 4 heterocycles. The van der Waals surface area contributed by atoms with E-state index < -0.39 is 0 Å². The Hall–Kier alpha value is -7.40. The number of hydrogen-bond donors (Lipinski definition) is 8. The summed E-state index contributed by atoms with van der Waals surface area (Å²) in [6.45, 7) is 20.7. The first-order valence-electron chi connectivity index (χ1n) is 32.9. The summed E-state index contributed by atoms with van der Waals surface area (Å²) in [7, 11) is 0. The zero-order valence-electron chi connectivity index (χ0n) is 60.2. The van der Waals surface area contributed by atoms with Crippen molar-refractivity contribution in [1.82, 2.24) is 59.8 Å². The van der Waals surface area contributed by atoms with Crippen molar-refractivity contribution in [1.29, 1.82) is 0 Å². The minimum atomic E-state index is -0.375. The summed E-state index contributed by atoms with van der Waals surface area (Å²) < 4.78 is 0. The van der Waals surface area contributed by atoms with Gasteiger partial charge in [0.15, 0.2) is 0 Å². The second kappa shape index (κ2) is 51.7. The Morgan fingerprint density at radius 2 is 0.635 bits per heavy atom. The molecular formula is C80H92Ir4N12O8-4. The first kappa shape index (κ1) is 94.6. The van der Waals surface area contributed by atoms with Crippen LogP contribution in [0.5, 0.6) is 0 Å². The number of benzene rings is 8. The molecule has 0 aliphatic carbocycles. The Morgan fingerprint density at radius 3 is 1.04 bits per heavy atom. The zero-order chi connectivity index (χ0) is 72.9. The summed E-state index contributed by atoms with van der Waals surface area (Å²) in [6, 6.07) is 69.5. The normalized spacial score (nSPS) is 12.3. The van der Waals surface area contributed by atoms with Gasteiger partial charge in [0.1, 0.15) is 48.6 Å². The molecular weight excluding hydrogens is 2030 g/mol. The van der Waals surface area contributed by atoms with Gasteiger partial charge in [-0.1, -0.05) is 137 Å². The van der Waals surface area contributed by atoms with E-state index in [-0.39, 0.29) is 129 Å². The van der Waals surface area contributed by atoms with Crippen LogP contribution in [0.15, 0.2) is 195 Å². The summed E-state index contributed by atoms with van der Waals surface area (Å²) >= 11 is 0. The molecule has 0 saturated carbocycles. The first-order chi connectivity index (χ1) is 47.8. The van der Waals surface area contributed by atoms with Crippen LogP contribution in [-0.2, 0) is 80.4 Å². The van der Waals surface area contributed by atoms with Gasteiger partial charge in [0, 0.05) is 80.4 Å². The predicted molar refractivity (Wildman–Crippen MR) is 393 cm³/mol. The molecule has 12 aromatic rings. The summed E-state index contributed by atoms with van der Waals surface area (Å²) in [5.74, 6) is 5.52. The van der Waals surface area contributed by atoms with Gasteiger partial charge in [-0.3, -0.25) is 39.9 Å². The number of aromatic nitrogens is 12. The predicted octanol–water partition coefficient (Wildman–Crippen LogP) is 12.8. The van der Waals surface area contributed by atoms with E-state index >= 15 is 0 Å². The molecule has 8 unspecified atom stereocenters. The monoisotopic (exact) mass is 2120 g/mol. The number of hydrogen-bond acceptors (Lipinski definition) is 20. The van der Waals surface area contributed by atoms with Crippen LogP contribution in [0, 0.1) is 52.0 Å². The van der Waals surface area contributed by atoms with Gasteiger partial charge in [0.2, 0.25) is 0 Å². The third-order valence-electron chi connectivity index (χ3n) is 13.7. The Kier molecular flexibility index (Phi) is 47.1. The van der Waals surface area contributed by atoms with Crippen molar-refractivity contribution in [2.45, 2.75) is 158 Å². The molecule has 12 rings (SSSR count). The Bertz CT molecular complexity index is 4200. The molecule has 0 aliphatic rings. The van der Waals surface area contributed by atoms with Crippen LogP contribution < -0.4 is 0 Å². The van der Waals surface area contributed by atoms with Crippen LogP contribution in [0.4, 0.5) is 0 Å². The number of aliphatic hydroxyl groups excluding tert-OH is 8. The van der Waals surface area contributed by atoms with E-state index in [4.69, 9.17) is 40.9 Å². The number of rotatable bonds is 14. The molecule has 8 N–H and O–H groups in total. The van der Waals surface area contributed by atoms with E-state index in [0.717, 1.165) is 50.4 Å². The fraction of sp³-hybridized carbons (Fsp3) is 0.300. The summed E-state index contributed by atoms with van der Waals surface area (Å²) in [5, 5.41) is 73.1. The number of nitrogens with zero attached hydrogens (tertiary/aromatic N) is 12. The molecule has 8 atom stereocenters. The van der Waals surface area contributed by atoms with Crippen molar-refractivity contribution >= 4 is 21.5 Å². The van der Waals surface area contributed by atoms with E-state index in [9.17, 15) is 0 Å². The molecule has 20 nitrogen and oxygen atoms in total. The van der Waals surface area contributed by atoms with Crippen LogP contribution in [0.2, 0.25) is 0 Å². The molecule has 24 heteroatoms. The Labute approximate surface area is 665 Å². The van der Waals surface area contributed by atoms with E-state index in [1.54, 1.807) is 55.4 Å². The first-order valence-corrected chi connectivity index (χ1v) is 32.9. The molecule has 104 heavy (non-hydrogen) atoms. The van der Waals surface area contributed by atoms with Gasteiger partial charge in [-0.05, 0) is 114 Å². The third kappa shape index (κ3) is 37.0.